The largest absolute Gasteiger partial charge is 0.353 e. The number of amides is 3. The summed E-state index contributed by atoms with van der Waals surface area (Å²) in [5, 5.41) is 5.03. The Morgan fingerprint density at radius 1 is 1.10 bits per heavy atom. The van der Waals surface area contributed by atoms with Crippen LogP contribution < -0.4 is 5.32 Å². The van der Waals surface area contributed by atoms with Crippen LogP contribution in [0, 0.1) is 5.92 Å². The molecule has 2 fully saturated rings. The van der Waals surface area contributed by atoms with Gasteiger partial charge in [0.25, 0.3) is 5.91 Å². The minimum absolute atomic E-state index is 0.0304. The minimum Gasteiger partial charge on any atom is -0.353 e. The number of thiophene rings is 1. The molecule has 2 aliphatic rings. The number of nitrogens with one attached hydrogen (secondary N) is 1. The molecule has 1 aromatic carbocycles. The summed E-state index contributed by atoms with van der Waals surface area (Å²) in [4.78, 5) is 42.2. The number of piperidine rings is 1. The van der Waals surface area contributed by atoms with Gasteiger partial charge in [0.2, 0.25) is 11.8 Å². The molecule has 3 heterocycles. The van der Waals surface area contributed by atoms with Crippen molar-refractivity contribution in [2.75, 3.05) is 19.6 Å². The predicted octanol–water partition coefficient (Wildman–Crippen LogP) is 3.08. The minimum atomic E-state index is -0.311. The first kappa shape index (κ1) is 20.6. The Morgan fingerprint density at radius 3 is 2.50 bits per heavy atom. The third-order valence-electron chi connectivity index (χ3n) is 6.14. The molecule has 0 aliphatic carbocycles. The molecule has 158 valence electrons. The van der Waals surface area contributed by atoms with E-state index in [0.717, 1.165) is 23.3 Å². The zero-order chi connectivity index (χ0) is 21.1. The molecule has 2 unspecified atom stereocenters. The fraction of sp³-hybridized carbons (Fsp3) is 0.435. The van der Waals surface area contributed by atoms with Crippen molar-refractivity contribution >= 4 is 29.1 Å². The van der Waals surface area contributed by atoms with E-state index < -0.39 is 0 Å². The van der Waals surface area contributed by atoms with Crippen LogP contribution in [0.3, 0.4) is 0 Å². The standard InChI is InChI=1S/C23H27N3O3S/c1-16(17-6-3-2-4-7-17)26-15-18(14-21(26)27)22(28)24-19-9-11-25(12-10-19)23(29)20-8-5-13-30-20/h2-8,13,16,18-19H,9-12,14-15H2,1H3,(H,24,28). The molecule has 1 aromatic heterocycles. The maximum Gasteiger partial charge on any atom is 0.263 e. The Hall–Kier alpha value is -2.67. The zero-order valence-corrected chi connectivity index (χ0v) is 17.9. The molecule has 2 aromatic rings. The Balaban J connectivity index is 1.28. The summed E-state index contributed by atoms with van der Waals surface area (Å²) < 4.78 is 0. The van der Waals surface area contributed by atoms with Crippen LogP contribution in [0.25, 0.3) is 0 Å². The van der Waals surface area contributed by atoms with Crippen molar-refractivity contribution in [2.24, 2.45) is 5.92 Å². The van der Waals surface area contributed by atoms with Crippen LogP contribution in [-0.4, -0.2) is 53.2 Å². The van der Waals surface area contributed by atoms with E-state index in [1.165, 1.54) is 11.3 Å². The highest BCUT2D eigenvalue weighted by Gasteiger charge is 2.38. The van der Waals surface area contributed by atoms with Crippen molar-refractivity contribution in [3.63, 3.8) is 0 Å². The first-order chi connectivity index (χ1) is 14.5. The van der Waals surface area contributed by atoms with Gasteiger partial charge in [-0.15, -0.1) is 11.3 Å². The summed E-state index contributed by atoms with van der Waals surface area (Å²) >= 11 is 1.46. The molecule has 1 N–H and O–H groups in total. The third kappa shape index (κ3) is 4.41. The van der Waals surface area contributed by atoms with E-state index in [-0.39, 0.29) is 42.1 Å². The van der Waals surface area contributed by atoms with Gasteiger partial charge in [-0.1, -0.05) is 36.4 Å². The molecule has 2 aliphatic heterocycles. The molecule has 7 heteroatoms. The van der Waals surface area contributed by atoms with Gasteiger partial charge in [-0.3, -0.25) is 14.4 Å². The van der Waals surface area contributed by atoms with E-state index in [0.29, 0.717) is 19.6 Å². The normalized spacial score (nSPS) is 21.0. The average molecular weight is 426 g/mol. The van der Waals surface area contributed by atoms with Gasteiger partial charge in [-0.05, 0) is 36.8 Å². The lowest BCUT2D eigenvalue weighted by molar-refractivity contribution is -0.130. The smallest absolute Gasteiger partial charge is 0.263 e. The average Bonchev–Trinajstić information content (AvgIpc) is 3.44. The van der Waals surface area contributed by atoms with Gasteiger partial charge < -0.3 is 15.1 Å². The van der Waals surface area contributed by atoms with Crippen LogP contribution in [0.5, 0.6) is 0 Å². The van der Waals surface area contributed by atoms with E-state index in [9.17, 15) is 14.4 Å². The van der Waals surface area contributed by atoms with Gasteiger partial charge >= 0.3 is 0 Å². The second kappa shape index (κ2) is 9.00. The number of carbonyl (C=O) groups excluding carboxylic acids is 3. The third-order valence-corrected chi connectivity index (χ3v) is 7.00. The summed E-state index contributed by atoms with van der Waals surface area (Å²) in [5.74, 6) is -0.256. The molecular weight excluding hydrogens is 398 g/mol. The van der Waals surface area contributed by atoms with E-state index in [1.54, 1.807) is 0 Å². The quantitative estimate of drug-likeness (QED) is 0.800. The molecule has 4 rings (SSSR count). The Kier molecular flexibility index (Phi) is 6.18. The van der Waals surface area contributed by atoms with Gasteiger partial charge in [-0.25, -0.2) is 0 Å². The fourth-order valence-electron chi connectivity index (χ4n) is 4.30. The highest BCUT2D eigenvalue weighted by atomic mass is 32.1. The number of nitrogens with zero attached hydrogens (tertiary/aromatic N) is 2. The second-order valence-corrected chi connectivity index (χ2v) is 9.03. The second-order valence-electron chi connectivity index (χ2n) is 8.09. The molecule has 6 nitrogen and oxygen atoms in total. The first-order valence-corrected chi connectivity index (χ1v) is 11.4. The van der Waals surface area contributed by atoms with E-state index in [1.807, 2.05) is 64.6 Å². The fourth-order valence-corrected chi connectivity index (χ4v) is 4.99. The molecule has 0 spiro atoms. The summed E-state index contributed by atoms with van der Waals surface area (Å²) in [6, 6.07) is 13.7. The molecular formula is C23H27N3O3S. The Morgan fingerprint density at radius 2 is 1.83 bits per heavy atom. The molecule has 0 saturated carbocycles. The number of carbonyl (C=O) groups is 3. The van der Waals surface area contributed by atoms with E-state index in [2.05, 4.69) is 5.32 Å². The summed E-state index contributed by atoms with van der Waals surface area (Å²) in [5.41, 5.74) is 1.08. The summed E-state index contributed by atoms with van der Waals surface area (Å²) in [7, 11) is 0. The molecule has 2 atom stereocenters. The van der Waals surface area contributed by atoms with Crippen LogP contribution in [0.1, 0.15) is 47.5 Å². The highest BCUT2D eigenvalue weighted by Crippen LogP contribution is 2.29. The number of benzene rings is 1. The predicted molar refractivity (Wildman–Crippen MR) is 116 cm³/mol. The number of likely N-dealkylation sites (tertiary alicyclic amines) is 2. The monoisotopic (exact) mass is 425 g/mol. The van der Waals surface area contributed by atoms with Crippen LogP contribution >= 0.6 is 11.3 Å². The lowest BCUT2D eigenvalue weighted by Crippen LogP contribution is -2.48. The van der Waals surface area contributed by atoms with Crippen LogP contribution in [-0.2, 0) is 9.59 Å². The molecule has 0 radical (unpaired) electrons. The van der Waals surface area contributed by atoms with Crippen molar-refractivity contribution in [3.05, 3.63) is 58.3 Å². The van der Waals surface area contributed by atoms with Gasteiger partial charge in [0.1, 0.15) is 0 Å². The van der Waals surface area contributed by atoms with Crippen molar-refractivity contribution in [1.29, 1.82) is 0 Å². The van der Waals surface area contributed by atoms with Gasteiger partial charge in [-0.2, -0.15) is 0 Å². The molecule has 3 amide bonds. The number of rotatable bonds is 5. The van der Waals surface area contributed by atoms with Crippen molar-refractivity contribution < 1.29 is 14.4 Å². The number of hydrogen-bond acceptors (Lipinski definition) is 4. The lowest BCUT2D eigenvalue weighted by Gasteiger charge is -2.32. The van der Waals surface area contributed by atoms with Gasteiger partial charge in [0.05, 0.1) is 16.8 Å². The topological polar surface area (TPSA) is 69.7 Å². The number of hydrogen-bond donors (Lipinski definition) is 1. The Bertz CT molecular complexity index is 892. The molecule has 2 saturated heterocycles. The maximum absolute atomic E-state index is 12.8. The van der Waals surface area contributed by atoms with Crippen molar-refractivity contribution in [1.82, 2.24) is 15.1 Å². The van der Waals surface area contributed by atoms with E-state index in [4.69, 9.17) is 0 Å². The molecule has 0 bridgehead atoms. The van der Waals surface area contributed by atoms with Crippen molar-refractivity contribution in [3.8, 4) is 0 Å². The maximum atomic E-state index is 12.8. The zero-order valence-electron chi connectivity index (χ0n) is 17.1. The first-order valence-electron chi connectivity index (χ1n) is 10.5. The lowest BCUT2D eigenvalue weighted by atomic mass is 10.0. The van der Waals surface area contributed by atoms with Gasteiger partial charge in [0.15, 0.2) is 0 Å². The Labute approximate surface area is 180 Å². The SMILES string of the molecule is CC(c1ccccc1)N1CC(C(=O)NC2CCN(C(=O)c3cccs3)CC2)CC1=O. The highest BCUT2D eigenvalue weighted by molar-refractivity contribution is 7.12. The van der Waals surface area contributed by atoms with Crippen molar-refractivity contribution in [2.45, 2.75) is 38.3 Å². The van der Waals surface area contributed by atoms with Crippen LogP contribution in [0.4, 0.5) is 0 Å². The summed E-state index contributed by atoms with van der Waals surface area (Å²) in [6.45, 7) is 3.75. The summed E-state index contributed by atoms with van der Waals surface area (Å²) in [6.07, 6.45) is 1.75. The molecule has 30 heavy (non-hydrogen) atoms. The van der Waals surface area contributed by atoms with Crippen LogP contribution in [0.15, 0.2) is 47.8 Å². The van der Waals surface area contributed by atoms with Gasteiger partial charge in [0, 0.05) is 32.1 Å². The van der Waals surface area contributed by atoms with E-state index >= 15 is 0 Å². The van der Waals surface area contributed by atoms with Crippen LogP contribution in [0.2, 0.25) is 0 Å².